The number of nitrogen functional groups attached to an aromatic ring is 1. The number of unbranched alkanes of at least 4 members (excludes halogenated alkanes) is 3. The Bertz CT molecular complexity index is 555. The highest BCUT2D eigenvalue weighted by Gasteiger charge is 2.04. The van der Waals surface area contributed by atoms with E-state index in [-0.39, 0.29) is 11.4 Å². The standard InChI is InChI=1S/C12H18N4O/c1-2-3-4-5-6-15-7-8-16-11(17)9-10(13)14-12(15)16/h7-9H,2-6,13H2,1H3. The van der Waals surface area contributed by atoms with Crippen molar-refractivity contribution in [1.82, 2.24) is 14.0 Å². The van der Waals surface area contributed by atoms with Crippen molar-refractivity contribution < 1.29 is 0 Å². The van der Waals surface area contributed by atoms with Gasteiger partial charge in [0.25, 0.3) is 5.56 Å². The molecular weight excluding hydrogens is 216 g/mol. The molecule has 0 unspecified atom stereocenters. The summed E-state index contributed by atoms with van der Waals surface area (Å²) >= 11 is 0. The molecule has 0 fully saturated rings. The lowest BCUT2D eigenvalue weighted by Gasteiger charge is -2.04. The van der Waals surface area contributed by atoms with E-state index in [0.29, 0.717) is 5.78 Å². The number of aryl methyl sites for hydroxylation is 1. The molecule has 0 aliphatic carbocycles. The predicted octanol–water partition coefficient (Wildman–Crippen LogP) is 1.66. The van der Waals surface area contributed by atoms with Crippen molar-refractivity contribution in [3.63, 3.8) is 0 Å². The first kappa shape index (κ1) is 11.7. The summed E-state index contributed by atoms with van der Waals surface area (Å²) in [5.74, 6) is 0.912. The van der Waals surface area contributed by atoms with E-state index in [9.17, 15) is 4.79 Å². The van der Waals surface area contributed by atoms with Crippen molar-refractivity contribution in [1.29, 1.82) is 0 Å². The van der Waals surface area contributed by atoms with Crippen LogP contribution < -0.4 is 11.3 Å². The molecule has 2 aromatic rings. The van der Waals surface area contributed by atoms with Gasteiger partial charge in [-0.1, -0.05) is 26.2 Å². The van der Waals surface area contributed by atoms with Crippen molar-refractivity contribution >= 4 is 11.6 Å². The summed E-state index contributed by atoms with van der Waals surface area (Å²) in [7, 11) is 0. The van der Waals surface area contributed by atoms with Gasteiger partial charge in [-0.25, -0.2) is 0 Å². The maximum atomic E-state index is 11.6. The molecule has 0 saturated carbocycles. The Hall–Kier alpha value is -1.78. The van der Waals surface area contributed by atoms with E-state index in [1.54, 1.807) is 6.20 Å². The van der Waals surface area contributed by atoms with Crippen LogP contribution in [0.5, 0.6) is 0 Å². The second-order valence-electron chi connectivity index (χ2n) is 4.24. The molecule has 0 aliphatic heterocycles. The highest BCUT2D eigenvalue weighted by molar-refractivity contribution is 5.39. The second-order valence-corrected chi connectivity index (χ2v) is 4.24. The van der Waals surface area contributed by atoms with E-state index in [1.165, 1.54) is 29.7 Å². The summed E-state index contributed by atoms with van der Waals surface area (Å²) in [5.41, 5.74) is 5.47. The molecule has 92 valence electrons. The van der Waals surface area contributed by atoms with Crippen LogP contribution in [0.2, 0.25) is 0 Å². The molecule has 0 bridgehead atoms. The molecule has 0 atom stereocenters. The minimum atomic E-state index is -0.125. The smallest absolute Gasteiger partial charge is 0.261 e. The Kier molecular flexibility index (Phi) is 3.46. The molecule has 2 N–H and O–H groups in total. The normalized spacial score (nSPS) is 11.1. The van der Waals surface area contributed by atoms with Crippen LogP contribution in [0.3, 0.4) is 0 Å². The Balaban J connectivity index is 2.21. The van der Waals surface area contributed by atoms with E-state index in [2.05, 4.69) is 11.9 Å². The van der Waals surface area contributed by atoms with Gasteiger partial charge in [0, 0.05) is 25.0 Å². The number of rotatable bonds is 5. The van der Waals surface area contributed by atoms with Crippen LogP contribution in [0.4, 0.5) is 5.82 Å². The SMILES string of the molecule is CCCCCCn1ccn2c(=O)cc(N)nc12. The van der Waals surface area contributed by atoms with Crippen LogP contribution in [-0.2, 0) is 6.54 Å². The summed E-state index contributed by atoms with van der Waals surface area (Å²) in [6, 6.07) is 1.34. The van der Waals surface area contributed by atoms with Crippen molar-refractivity contribution in [2.45, 2.75) is 39.2 Å². The number of aromatic nitrogens is 3. The molecule has 5 nitrogen and oxygen atoms in total. The molecule has 5 heteroatoms. The third-order valence-electron chi connectivity index (χ3n) is 2.86. The predicted molar refractivity (Wildman–Crippen MR) is 68.0 cm³/mol. The molecule has 0 aliphatic rings. The molecule has 2 rings (SSSR count). The van der Waals surface area contributed by atoms with Crippen molar-refractivity contribution in [3.8, 4) is 0 Å². The van der Waals surface area contributed by atoms with Gasteiger partial charge in [-0.15, -0.1) is 0 Å². The van der Waals surface area contributed by atoms with Crippen molar-refractivity contribution in [3.05, 3.63) is 28.8 Å². The lowest BCUT2D eigenvalue weighted by molar-refractivity contribution is 0.589. The zero-order valence-corrected chi connectivity index (χ0v) is 10.1. The number of fused-ring (bicyclic) bond motifs is 1. The van der Waals surface area contributed by atoms with E-state index < -0.39 is 0 Å². The lowest BCUT2D eigenvalue weighted by Crippen LogP contribution is -2.15. The fourth-order valence-electron chi connectivity index (χ4n) is 1.94. The van der Waals surface area contributed by atoms with Crippen LogP contribution >= 0.6 is 0 Å². The van der Waals surface area contributed by atoms with Gasteiger partial charge < -0.3 is 10.3 Å². The first-order valence-corrected chi connectivity index (χ1v) is 6.06. The third-order valence-corrected chi connectivity index (χ3v) is 2.86. The van der Waals surface area contributed by atoms with Crippen LogP contribution in [0.1, 0.15) is 32.6 Å². The minimum absolute atomic E-state index is 0.125. The maximum absolute atomic E-state index is 11.6. The number of nitrogens with zero attached hydrogens (tertiary/aromatic N) is 3. The van der Waals surface area contributed by atoms with E-state index >= 15 is 0 Å². The summed E-state index contributed by atoms with van der Waals surface area (Å²) in [6.45, 7) is 3.07. The Morgan fingerprint density at radius 3 is 2.88 bits per heavy atom. The molecule has 0 amide bonds. The molecule has 0 saturated heterocycles. The monoisotopic (exact) mass is 234 g/mol. The largest absolute Gasteiger partial charge is 0.383 e. The summed E-state index contributed by atoms with van der Waals surface area (Å²) < 4.78 is 3.50. The van der Waals surface area contributed by atoms with Crippen LogP contribution in [0.15, 0.2) is 23.3 Å². The van der Waals surface area contributed by atoms with Gasteiger partial charge in [0.1, 0.15) is 5.82 Å². The van der Waals surface area contributed by atoms with Gasteiger partial charge in [-0.05, 0) is 6.42 Å². The van der Waals surface area contributed by atoms with Crippen LogP contribution in [0.25, 0.3) is 5.78 Å². The quantitative estimate of drug-likeness (QED) is 0.800. The fourth-order valence-corrected chi connectivity index (χ4v) is 1.94. The fraction of sp³-hybridized carbons (Fsp3) is 0.500. The molecule has 0 spiro atoms. The van der Waals surface area contributed by atoms with E-state index in [1.807, 2.05) is 10.8 Å². The van der Waals surface area contributed by atoms with Crippen molar-refractivity contribution in [2.24, 2.45) is 0 Å². The second kappa shape index (κ2) is 5.03. The van der Waals surface area contributed by atoms with Gasteiger partial charge in [-0.2, -0.15) is 4.98 Å². The number of hydrogen-bond acceptors (Lipinski definition) is 3. The minimum Gasteiger partial charge on any atom is -0.383 e. The highest BCUT2D eigenvalue weighted by atomic mass is 16.1. The topological polar surface area (TPSA) is 65.3 Å². The number of nitrogens with two attached hydrogens (primary N) is 1. The van der Waals surface area contributed by atoms with Gasteiger partial charge in [0.05, 0.1) is 0 Å². The first-order chi connectivity index (χ1) is 8.22. The van der Waals surface area contributed by atoms with E-state index in [4.69, 9.17) is 5.73 Å². The highest BCUT2D eigenvalue weighted by Crippen LogP contribution is 2.06. The van der Waals surface area contributed by atoms with Gasteiger partial charge in [-0.3, -0.25) is 9.20 Å². The van der Waals surface area contributed by atoms with Gasteiger partial charge in [0.15, 0.2) is 0 Å². The molecule has 0 radical (unpaired) electrons. The lowest BCUT2D eigenvalue weighted by atomic mass is 10.2. The average Bonchev–Trinajstić information content (AvgIpc) is 2.68. The molecule has 17 heavy (non-hydrogen) atoms. The number of anilines is 1. The van der Waals surface area contributed by atoms with E-state index in [0.717, 1.165) is 13.0 Å². The van der Waals surface area contributed by atoms with Gasteiger partial charge in [0.2, 0.25) is 5.78 Å². The summed E-state index contributed by atoms with van der Waals surface area (Å²) in [6.07, 6.45) is 8.39. The summed E-state index contributed by atoms with van der Waals surface area (Å²) in [4.78, 5) is 15.8. The average molecular weight is 234 g/mol. The first-order valence-electron chi connectivity index (χ1n) is 6.06. The van der Waals surface area contributed by atoms with Crippen LogP contribution in [0, 0.1) is 0 Å². The zero-order chi connectivity index (χ0) is 12.3. The van der Waals surface area contributed by atoms with Gasteiger partial charge >= 0.3 is 0 Å². The zero-order valence-electron chi connectivity index (χ0n) is 10.1. The maximum Gasteiger partial charge on any atom is 0.261 e. The molecule has 2 aromatic heterocycles. The number of imidazole rings is 1. The molecule has 0 aromatic carbocycles. The molecule has 2 heterocycles. The summed E-state index contributed by atoms with van der Waals surface area (Å²) in [5, 5.41) is 0. The Labute approximate surface area is 99.9 Å². The van der Waals surface area contributed by atoms with Crippen LogP contribution in [-0.4, -0.2) is 14.0 Å². The van der Waals surface area contributed by atoms with Crippen molar-refractivity contribution in [2.75, 3.05) is 5.73 Å². The number of hydrogen-bond donors (Lipinski definition) is 1. The Morgan fingerprint density at radius 1 is 1.29 bits per heavy atom. The third kappa shape index (κ3) is 2.49. The Morgan fingerprint density at radius 2 is 2.12 bits per heavy atom. The molecular formula is C12H18N4O.